The Labute approximate surface area is 140 Å². The predicted octanol–water partition coefficient (Wildman–Crippen LogP) is 4.32. The summed E-state index contributed by atoms with van der Waals surface area (Å²) >= 11 is 0. The van der Waals surface area contributed by atoms with E-state index in [2.05, 4.69) is 12.2 Å². The van der Waals surface area contributed by atoms with Gasteiger partial charge in [0.2, 0.25) is 0 Å². The molecule has 3 N–H and O–H groups in total. The molecule has 0 aliphatic rings. The maximum absolute atomic E-state index is 9.85. The van der Waals surface area contributed by atoms with Crippen LogP contribution in [0.15, 0.2) is 24.3 Å². The highest BCUT2D eigenvalue weighted by Gasteiger charge is 2.04. The first-order valence-corrected chi connectivity index (χ1v) is 9.01. The molecule has 0 fully saturated rings. The van der Waals surface area contributed by atoms with Gasteiger partial charge in [-0.15, -0.1) is 0 Å². The summed E-state index contributed by atoms with van der Waals surface area (Å²) < 4.78 is 5.52. The minimum Gasteiger partial charge on any atom is -0.508 e. The third-order valence-corrected chi connectivity index (χ3v) is 3.86. The Hall–Kier alpha value is -1.26. The number of aliphatic hydroxyl groups excluding tert-OH is 1. The van der Waals surface area contributed by atoms with Crippen LogP contribution in [0.2, 0.25) is 0 Å². The minimum atomic E-state index is -0.516. The zero-order valence-corrected chi connectivity index (χ0v) is 14.5. The lowest BCUT2D eigenvalue weighted by Gasteiger charge is -2.13. The van der Waals surface area contributed by atoms with E-state index in [-0.39, 0.29) is 5.75 Å². The highest BCUT2D eigenvalue weighted by atomic mass is 16.5. The van der Waals surface area contributed by atoms with Crippen molar-refractivity contribution in [2.75, 3.05) is 25.1 Å². The van der Waals surface area contributed by atoms with Gasteiger partial charge in [0.15, 0.2) is 0 Å². The molecular weight excluding hydrogens is 290 g/mol. The number of ether oxygens (including phenoxy) is 1. The van der Waals surface area contributed by atoms with Gasteiger partial charge in [-0.25, -0.2) is 0 Å². The molecule has 4 nitrogen and oxygen atoms in total. The van der Waals surface area contributed by atoms with Gasteiger partial charge in [-0.3, -0.25) is 0 Å². The topological polar surface area (TPSA) is 61.7 Å². The van der Waals surface area contributed by atoms with Crippen molar-refractivity contribution in [1.82, 2.24) is 0 Å². The predicted molar refractivity (Wildman–Crippen MR) is 96.0 cm³/mol. The van der Waals surface area contributed by atoms with Gasteiger partial charge in [-0.1, -0.05) is 51.9 Å². The van der Waals surface area contributed by atoms with Crippen molar-refractivity contribution in [1.29, 1.82) is 0 Å². The van der Waals surface area contributed by atoms with E-state index < -0.39 is 6.10 Å². The molecular formula is C19H33NO3. The number of hydrogen-bond donors (Lipinski definition) is 3. The van der Waals surface area contributed by atoms with Crippen LogP contribution in [0.5, 0.6) is 5.75 Å². The van der Waals surface area contributed by atoms with E-state index >= 15 is 0 Å². The molecule has 0 saturated carbocycles. The first-order valence-electron chi connectivity index (χ1n) is 9.01. The number of phenols is 1. The van der Waals surface area contributed by atoms with E-state index in [9.17, 15) is 10.2 Å². The lowest BCUT2D eigenvalue weighted by molar-refractivity contribution is 0.0416. The second kappa shape index (κ2) is 13.2. The summed E-state index contributed by atoms with van der Waals surface area (Å²) in [5, 5.41) is 22.2. The van der Waals surface area contributed by atoms with Gasteiger partial charge in [0.05, 0.1) is 12.7 Å². The molecule has 23 heavy (non-hydrogen) atoms. The number of nitrogens with one attached hydrogen (secondary N) is 1. The van der Waals surface area contributed by atoms with Gasteiger partial charge in [0.1, 0.15) is 5.75 Å². The summed E-state index contributed by atoms with van der Waals surface area (Å²) in [6, 6.07) is 6.80. The molecule has 0 aliphatic heterocycles. The summed E-state index contributed by atoms with van der Waals surface area (Å²) in [4.78, 5) is 0. The Morgan fingerprint density at radius 2 is 1.57 bits per heavy atom. The standard InChI is InChI=1S/C19H33NO3/c1-2-3-4-5-6-7-8-9-14-23-16-19(22)15-20-17-10-12-18(21)13-11-17/h10-13,19-22H,2-9,14-16H2,1H3. The molecule has 0 saturated heterocycles. The Morgan fingerprint density at radius 1 is 0.957 bits per heavy atom. The van der Waals surface area contributed by atoms with Gasteiger partial charge in [-0.05, 0) is 30.7 Å². The molecule has 0 spiro atoms. The first kappa shape index (κ1) is 19.8. The van der Waals surface area contributed by atoms with Crippen LogP contribution in [-0.2, 0) is 4.74 Å². The fourth-order valence-corrected chi connectivity index (χ4v) is 2.43. The molecule has 1 atom stereocenters. The lowest BCUT2D eigenvalue weighted by Crippen LogP contribution is -2.25. The molecule has 0 aromatic heterocycles. The van der Waals surface area contributed by atoms with Gasteiger partial charge in [0.25, 0.3) is 0 Å². The monoisotopic (exact) mass is 323 g/mol. The molecule has 0 bridgehead atoms. The number of aliphatic hydroxyl groups is 1. The molecule has 1 aromatic rings. The van der Waals surface area contributed by atoms with E-state index in [0.717, 1.165) is 18.7 Å². The van der Waals surface area contributed by atoms with Crippen molar-refractivity contribution < 1.29 is 14.9 Å². The molecule has 4 heteroatoms. The number of rotatable bonds is 14. The fourth-order valence-electron chi connectivity index (χ4n) is 2.43. The van der Waals surface area contributed by atoms with E-state index in [0.29, 0.717) is 13.2 Å². The van der Waals surface area contributed by atoms with Gasteiger partial charge >= 0.3 is 0 Å². The van der Waals surface area contributed by atoms with Crippen LogP contribution in [-0.4, -0.2) is 36.1 Å². The molecule has 1 aromatic carbocycles. The van der Waals surface area contributed by atoms with Crippen LogP contribution in [0.3, 0.4) is 0 Å². The Kier molecular flexibility index (Phi) is 11.4. The number of phenolic OH excluding ortho intramolecular Hbond substituents is 1. The van der Waals surface area contributed by atoms with Crippen molar-refractivity contribution in [2.24, 2.45) is 0 Å². The van der Waals surface area contributed by atoms with Gasteiger partial charge in [0, 0.05) is 18.8 Å². The Morgan fingerprint density at radius 3 is 2.22 bits per heavy atom. The van der Waals surface area contributed by atoms with Crippen molar-refractivity contribution in [3.63, 3.8) is 0 Å². The Balaban J connectivity index is 1.90. The van der Waals surface area contributed by atoms with E-state index in [1.165, 1.54) is 44.9 Å². The fraction of sp³-hybridized carbons (Fsp3) is 0.684. The molecule has 0 radical (unpaired) electrons. The van der Waals surface area contributed by atoms with Crippen LogP contribution in [0, 0.1) is 0 Å². The van der Waals surface area contributed by atoms with E-state index in [1.807, 2.05) is 0 Å². The first-order chi connectivity index (χ1) is 11.2. The maximum Gasteiger partial charge on any atom is 0.115 e. The lowest BCUT2D eigenvalue weighted by atomic mass is 10.1. The van der Waals surface area contributed by atoms with Crippen LogP contribution >= 0.6 is 0 Å². The largest absolute Gasteiger partial charge is 0.508 e. The molecule has 0 amide bonds. The summed E-state index contributed by atoms with van der Waals surface area (Å²) in [7, 11) is 0. The van der Waals surface area contributed by atoms with E-state index in [1.54, 1.807) is 24.3 Å². The highest BCUT2D eigenvalue weighted by Crippen LogP contribution is 2.13. The Bertz CT molecular complexity index is 381. The second-order valence-electron chi connectivity index (χ2n) is 6.13. The molecule has 132 valence electrons. The molecule has 1 rings (SSSR count). The van der Waals surface area contributed by atoms with Crippen LogP contribution in [0.1, 0.15) is 58.3 Å². The van der Waals surface area contributed by atoms with E-state index in [4.69, 9.17) is 4.74 Å². The smallest absolute Gasteiger partial charge is 0.115 e. The number of hydrogen-bond acceptors (Lipinski definition) is 4. The minimum absolute atomic E-state index is 0.241. The normalized spacial score (nSPS) is 12.3. The summed E-state index contributed by atoms with van der Waals surface area (Å²) in [6.45, 7) is 3.78. The number of unbranched alkanes of at least 4 members (excludes halogenated alkanes) is 7. The van der Waals surface area contributed by atoms with Crippen molar-refractivity contribution in [3.05, 3.63) is 24.3 Å². The van der Waals surface area contributed by atoms with Crippen molar-refractivity contribution in [3.8, 4) is 5.75 Å². The third-order valence-electron chi connectivity index (χ3n) is 3.86. The van der Waals surface area contributed by atoms with Crippen LogP contribution in [0.4, 0.5) is 5.69 Å². The SMILES string of the molecule is CCCCCCCCCCOCC(O)CNc1ccc(O)cc1. The number of anilines is 1. The second-order valence-corrected chi connectivity index (χ2v) is 6.13. The molecule has 0 aliphatic carbocycles. The summed E-state index contributed by atoms with van der Waals surface area (Å²) in [5.74, 6) is 0.241. The highest BCUT2D eigenvalue weighted by molar-refractivity contribution is 5.45. The van der Waals surface area contributed by atoms with Gasteiger partial charge in [-0.2, -0.15) is 0 Å². The van der Waals surface area contributed by atoms with Crippen LogP contribution in [0.25, 0.3) is 0 Å². The summed E-state index contributed by atoms with van der Waals surface area (Å²) in [5.41, 5.74) is 0.880. The van der Waals surface area contributed by atoms with Crippen molar-refractivity contribution >= 4 is 5.69 Å². The average Bonchev–Trinajstić information content (AvgIpc) is 2.56. The zero-order valence-electron chi connectivity index (χ0n) is 14.5. The summed E-state index contributed by atoms with van der Waals surface area (Å²) in [6.07, 6.45) is 9.79. The average molecular weight is 323 g/mol. The van der Waals surface area contributed by atoms with Gasteiger partial charge < -0.3 is 20.3 Å². The zero-order chi connectivity index (χ0) is 16.8. The quantitative estimate of drug-likeness (QED) is 0.352. The van der Waals surface area contributed by atoms with Crippen molar-refractivity contribution in [2.45, 2.75) is 64.4 Å². The number of aromatic hydroxyl groups is 1. The third kappa shape index (κ3) is 11.0. The number of benzene rings is 1. The molecule has 1 unspecified atom stereocenters. The maximum atomic E-state index is 9.85. The van der Waals surface area contributed by atoms with Crippen LogP contribution < -0.4 is 5.32 Å². The molecule has 0 heterocycles.